The van der Waals surface area contributed by atoms with E-state index < -0.39 is 0 Å². The van der Waals surface area contributed by atoms with Crippen LogP contribution in [0, 0.1) is 28.6 Å². The van der Waals surface area contributed by atoms with Gasteiger partial charge in [0.1, 0.15) is 6.61 Å². The van der Waals surface area contributed by atoms with E-state index in [1.54, 1.807) is 0 Å². The molecular weight excluding hydrogens is 300 g/mol. The van der Waals surface area contributed by atoms with Crippen LogP contribution >= 0.6 is 0 Å². The monoisotopic (exact) mass is 328 g/mol. The highest BCUT2D eigenvalue weighted by Crippen LogP contribution is 2.65. The summed E-state index contributed by atoms with van der Waals surface area (Å²) in [5, 5.41) is 9.32. The molecule has 0 aliphatic heterocycles. The standard InChI is InChI=1S/C21H28O3/c1-20-9-7-14(23)11-13(20)3-4-15-16-5-6-18(19(24)12-22)21(16,2)10-8-17(15)20/h6,11,15-17,22H,3-5,7-10,12H2,1-2H3/t15-,16-,17+,20-,21-/m0/s1. The normalized spacial score (nSPS) is 44.1. The highest BCUT2D eigenvalue weighted by Gasteiger charge is 2.57. The Morgan fingerprint density at radius 1 is 1.17 bits per heavy atom. The van der Waals surface area contributed by atoms with Gasteiger partial charge in [-0.25, -0.2) is 0 Å². The van der Waals surface area contributed by atoms with Crippen molar-refractivity contribution >= 4 is 11.6 Å². The first-order valence-electron chi connectivity index (χ1n) is 9.49. The third kappa shape index (κ3) is 2.06. The van der Waals surface area contributed by atoms with Crippen LogP contribution in [0.1, 0.15) is 58.8 Å². The van der Waals surface area contributed by atoms with Crippen molar-refractivity contribution in [2.45, 2.75) is 58.8 Å². The summed E-state index contributed by atoms with van der Waals surface area (Å²) in [7, 11) is 0. The van der Waals surface area contributed by atoms with Crippen molar-refractivity contribution in [3.05, 3.63) is 23.3 Å². The zero-order valence-electron chi connectivity index (χ0n) is 14.8. The molecule has 5 atom stereocenters. The number of aliphatic hydroxyl groups is 1. The number of hydrogen-bond acceptors (Lipinski definition) is 3. The summed E-state index contributed by atoms with van der Waals surface area (Å²) in [5.74, 6) is 2.03. The fourth-order valence-corrected chi connectivity index (χ4v) is 6.64. The summed E-state index contributed by atoms with van der Waals surface area (Å²) in [6.07, 6.45) is 11.1. The minimum Gasteiger partial charge on any atom is -0.388 e. The maximum atomic E-state index is 12.2. The molecule has 24 heavy (non-hydrogen) atoms. The van der Waals surface area contributed by atoms with Gasteiger partial charge in [-0.1, -0.05) is 25.5 Å². The first kappa shape index (κ1) is 16.3. The Bertz CT molecular complexity index is 658. The Morgan fingerprint density at radius 2 is 1.96 bits per heavy atom. The fraction of sp³-hybridized carbons (Fsp3) is 0.714. The van der Waals surface area contributed by atoms with E-state index in [1.807, 2.05) is 6.08 Å². The summed E-state index contributed by atoms with van der Waals surface area (Å²) >= 11 is 0. The molecule has 4 aliphatic carbocycles. The van der Waals surface area contributed by atoms with E-state index in [2.05, 4.69) is 19.9 Å². The van der Waals surface area contributed by atoms with Crippen molar-refractivity contribution in [2.75, 3.05) is 6.61 Å². The number of allylic oxidation sites excluding steroid dienone is 3. The lowest BCUT2D eigenvalue weighted by atomic mass is 9.47. The van der Waals surface area contributed by atoms with Gasteiger partial charge in [0.2, 0.25) is 0 Å². The van der Waals surface area contributed by atoms with Crippen molar-refractivity contribution in [2.24, 2.45) is 28.6 Å². The number of carbonyl (C=O) groups is 2. The smallest absolute Gasteiger partial charge is 0.184 e. The number of rotatable bonds is 2. The quantitative estimate of drug-likeness (QED) is 0.842. The van der Waals surface area contributed by atoms with Gasteiger partial charge in [-0.3, -0.25) is 9.59 Å². The Hall–Kier alpha value is -1.22. The van der Waals surface area contributed by atoms with Crippen LogP contribution in [0.25, 0.3) is 0 Å². The Labute approximate surface area is 144 Å². The van der Waals surface area contributed by atoms with Gasteiger partial charge in [-0.15, -0.1) is 0 Å². The number of fused-ring (bicyclic) bond motifs is 5. The molecule has 0 unspecified atom stereocenters. The van der Waals surface area contributed by atoms with Crippen molar-refractivity contribution in [3.63, 3.8) is 0 Å². The molecule has 0 bridgehead atoms. The number of ketones is 2. The highest BCUT2D eigenvalue weighted by molar-refractivity contribution is 5.98. The topological polar surface area (TPSA) is 54.4 Å². The largest absolute Gasteiger partial charge is 0.388 e. The molecule has 3 heteroatoms. The molecule has 0 aromatic carbocycles. The molecule has 0 heterocycles. The van der Waals surface area contributed by atoms with Gasteiger partial charge < -0.3 is 5.11 Å². The van der Waals surface area contributed by atoms with Gasteiger partial charge in [0.25, 0.3) is 0 Å². The summed E-state index contributed by atoms with van der Waals surface area (Å²) in [4.78, 5) is 24.1. The van der Waals surface area contributed by atoms with Gasteiger partial charge in [-0.2, -0.15) is 0 Å². The molecule has 2 saturated carbocycles. The average molecular weight is 328 g/mol. The summed E-state index contributed by atoms with van der Waals surface area (Å²) < 4.78 is 0. The SMILES string of the molecule is C[C@]12CCC(=O)C=C1CC[C@@H]1[C@H]2CC[C@]2(C)C(C(=O)CO)=CC[C@@H]12. The minimum atomic E-state index is -0.366. The molecule has 4 aliphatic rings. The first-order chi connectivity index (χ1) is 11.4. The lowest BCUT2D eigenvalue weighted by molar-refractivity contribution is -0.121. The van der Waals surface area contributed by atoms with Crippen LogP contribution in [-0.2, 0) is 9.59 Å². The molecule has 0 spiro atoms. The van der Waals surface area contributed by atoms with Crippen LogP contribution in [0.15, 0.2) is 23.3 Å². The van der Waals surface area contributed by atoms with E-state index in [0.717, 1.165) is 44.1 Å². The van der Waals surface area contributed by atoms with Crippen LogP contribution in [0.2, 0.25) is 0 Å². The Morgan fingerprint density at radius 3 is 2.71 bits per heavy atom. The van der Waals surface area contributed by atoms with Gasteiger partial charge in [0, 0.05) is 6.42 Å². The van der Waals surface area contributed by atoms with Crippen LogP contribution in [-0.4, -0.2) is 23.3 Å². The molecular formula is C21H28O3. The van der Waals surface area contributed by atoms with Crippen LogP contribution in [0.4, 0.5) is 0 Å². The molecule has 0 saturated heterocycles. The molecule has 1 N–H and O–H groups in total. The molecule has 0 radical (unpaired) electrons. The van der Waals surface area contributed by atoms with Crippen LogP contribution < -0.4 is 0 Å². The van der Waals surface area contributed by atoms with Crippen LogP contribution in [0.3, 0.4) is 0 Å². The number of aliphatic hydroxyl groups excluding tert-OH is 1. The van der Waals surface area contributed by atoms with Crippen LogP contribution in [0.5, 0.6) is 0 Å². The third-order valence-electron chi connectivity index (χ3n) is 7.99. The summed E-state index contributed by atoms with van der Waals surface area (Å²) in [5.41, 5.74) is 2.41. The maximum absolute atomic E-state index is 12.2. The average Bonchev–Trinajstić information content (AvgIpc) is 2.92. The van der Waals surface area contributed by atoms with E-state index in [0.29, 0.717) is 30.0 Å². The van der Waals surface area contributed by atoms with E-state index in [-0.39, 0.29) is 23.2 Å². The van der Waals surface area contributed by atoms with E-state index in [9.17, 15) is 14.7 Å². The fourth-order valence-electron chi connectivity index (χ4n) is 6.64. The predicted octanol–water partition coefficient (Wildman–Crippen LogP) is 3.62. The van der Waals surface area contributed by atoms with E-state index in [1.165, 1.54) is 5.57 Å². The molecule has 4 rings (SSSR count). The molecule has 130 valence electrons. The number of Topliss-reactive ketones (excluding diaryl/α,β-unsaturated/α-hetero) is 1. The van der Waals surface area contributed by atoms with Gasteiger partial charge in [0.05, 0.1) is 0 Å². The molecule has 0 aromatic rings. The van der Waals surface area contributed by atoms with Gasteiger partial charge in [0.15, 0.2) is 11.6 Å². The zero-order chi connectivity index (χ0) is 17.1. The Balaban J connectivity index is 1.66. The molecule has 0 aromatic heterocycles. The summed E-state index contributed by atoms with van der Waals surface area (Å²) in [6, 6.07) is 0. The van der Waals surface area contributed by atoms with Crippen molar-refractivity contribution in [1.82, 2.24) is 0 Å². The highest BCUT2D eigenvalue weighted by atomic mass is 16.3. The molecule has 2 fully saturated rings. The zero-order valence-corrected chi connectivity index (χ0v) is 14.8. The first-order valence-corrected chi connectivity index (χ1v) is 9.49. The van der Waals surface area contributed by atoms with Gasteiger partial charge in [-0.05, 0) is 78.8 Å². The second-order valence-corrected chi connectivity index (χ2v) is 8.86. The second kappa shape index (κ2) is 5.39. The number of carbonyl (C=O) groups excluding carboxylic acids is 2. The Kier molecular flexibility index (Phi) is 3.65. The van der Waals surface area contributed by atoms with E-state index in [4.69, 9.17) is 0 Å². The van der Waals surface area contributed by atoms with Crippen molar-refractivity contribution in [1.29, 1.82) is 0 Å². The van der Waals surface area contributed by atoms with Gasteiger partial charge >= 0.3 is 0 Å². The third-order valence-corrected chi connectivity index (χ3v) is 7.99. The lowest BCUT2D eigenvalue weighted by Gasteiger charge is -2.57. The van der Waals surface area contributed by atoms with Crippen molar-refractivity contribution in [3.8, 4) is 0 Å². The van der Waals surface area contributed by atoms with E-state index >= 15 is 0 Å². The maximum Gasteiger partial charge on any atom is 0.184 e. The lowest BCUT2D eigenvalue weighted by Crippen LogP contribution is -2.50. The number of hydrogen-bond donors (Lipinski definition) is 1. The molecule has 3 nitrogen and oxygen atoms in total. The van der Waals surface area contributed by atoms with Crippen molar-refractivity contribution < 1.29 is 14.7 Å². The second-order valence-electron chi connectivity index (χ2n) is 8.86. The minimum absolute atomic E-state index is 0.0525. The summed E-state index contributed by atoms with van der Waals surface area (Å²) in [6.45, 7) is 4.26. The molecule has 0 amide bonds. The predicted molar refractivity (Wildman–Crippen MR) is 92.3 cm³/mol.